The lowest BCUT2D eigenvalue weighted by Gasteiger charge is -2.08. The number of nitrogens with zero attached hydrogens (tertiary/aromatic N) is 4. The molecule has 0 bridgehead atoms. The summed E-state index contributed by atoms with van der Waals surface area (Å²) >= 11 is 0. The van der Waals surface area contributed by atoms with Crippen molar-refractivity contribution < 1.29 is 4.21 Å². The van der Waals surface area contributed by atoms with Crippen molar-refractivity contribution in [3.05, 3.63) is 23.3 Å². The molecule has 1 aromatic carbocycles. The van der Waals surface area contributed by atoms with Crippen LogP contribution in [0.2, 0.25) is 0 Å². The molecule has 5 nitrogen and oxygen atoms in total. The van der Waals surface area contributed by atoms with Gasteiger partial charge in [-0.05, 0) is 24.6 Å². The summed E-state index contributed by atoms with van der Waals surface area (Å²) in [5.41, 5.74) is 2.39. The predicted octanol–water partition coefficient (Wildman–Crippen LogP) is 2.50. The SMILES string of the molecule is Cc1cc(N=[S-](C)=O)cc(N=CN(C)C)c1C#N. The number of aryl methyl sites for hydroxylation is 1. The maximum absolute atomic E-state index is 11.1. The first-order chi connectivity index (χ1) is 8.43. The largest absolute Gasteiger partial charge is 0.444 e. The highest BCUT2D eigenvalue weighted by molar-refractivity contribution is 7.74. The summed E-state index contributed by atoms with van der Waals surface area (Å²) < 4.78 is 15.0. The second kappa shape index (κ2) is 6.17. The van der Waals surface area contributed by atoms with Crippen molar-refractivity contribution >= 4 is 28.3 Å². The Labute approximate surface area is 109 Å². The lowest BCUT2D eigenvalue weighted by molar-refractivity contribution is 0.603. The van der Waals surface area contributed by atoms with Crippen LogP contribution in [0, 0.1) is 18.3 Å². The lowest BCUT2D eigenvalue weighted by Crippen LogP contribution is -2.07. The van der Waals surface area contributed by atoms with Crippen molar-refractivity contribution in [1.82, 2.24) is 4.90 Å². The van der Waals surface area contributed by atoms with E-state index in [9.17, 15) is 4.21 Å². The zero-order chi connectivity index (χ0) is 13.7. The Kier molecular flexibility index (Phi) is 4.86. The number of hydrogen-bond donors (Lipinski definition) is 0. The summed E-state index contributed by atoms with van der Waals surface area (Å²) in [5, 5.41) is 9.11. The first-order valence-corrected chi connectivity index (χ1v) is 6.76. The third-order valence-corrected chi connectivity index (χ3v) is 2.54. The number of rotatable bonds is 3. The fourth-order valence-electron chi connectivity index (χ4n) is 1.38. The summed E-state index contributed by atoms with van der Waals surface area (Å²) in [6.07, 6.45) is 3.11. The zero-order valence-corrected chi connectivity index (χ0v) is 11.7. The van der Waals surface area contributed by atoms with E-state index < -0.39 is 10.6 Å². The van der Waals surface area contributed by atoms with E-state index in [0.29, 0.717) is 16.9 Å². The first kappa shape index (κ1) is 14.2. The smallest absolute Gasteiger partial charge is 0.102 e. The second-order valence-electron chi connectivity index (χ2n) is 3.99. The van der Waals surface area contributed by atoms with Gasteiger partial charge in [-0.2, -0.15) is 15.9 Å². The molecule has 18 heavy (non-hydrogen) atoms. The van der Waals surface area contributed by atoms with Gasteiger partial charge in [-0.1, -0.05) is 0 Å². The minimum atomic E-state index is -1.27. The summed E-state index contributed by atoms with van der Waals surface area (Å²) in [6, 6.07) is 5.51. The van der Waals surface area contributed by atoms with Gasteiger partial charge >= 0.3 is 0 Å². The average Bonchev–Trinajstić information content (AvgIpc) is 2.24. The van der Waals surface area contributed by atoms with Gasteiger partial charge in [0, 0.05) is 19.8 Å². The van der Waals surface area contributed by atoms with Crippen molar-refractivity contribution in [3.63, 3.8) is 0 Å². The van der Waals surface area contributed by atoms with E-state index in [1.54, 1.807) is 23.4 Å². The maximum Gasteiger partial charge on any atom is 0.102 e. The molecule has 1 rings (SSSR count). The van der Waals surface area contributed by atoms with E-state index in [2.05, 4.69) is 15.4 Å². The molecule has 0 radical (unpaired) electrons. The van der Waals surface area contributed by atoms with Gasteiger partial charge in [0.15, 0.2) is 0 Å². The Balaban J connectivity index is 3.38. The van der Waals surface area contributed by atoms with E-state index in [1.807, 2.05) is 21.0 Å². The summed E-state index contributed by atoms with van der Waals surface area (Å²) in [6.45, 7) is 1.81. The Morgan fingerprint density at radius 1 is 1.44 bits per heavy atom. The number of aliphatic imine (C=N–C) groups is 1. The highest BCUT2D eigenvalue weighted by Crippen LogP contribution is 2.28. The van der Waals surface area contributed by atoms with Crippen LogP contribution < -0.4 is 0 Å². The number of hydrogen-bond acceptors (Lipinski definition) is 5. The van der Waals surface area contributed by atoms with Crippen LogP contribution in [0.15, 0.2) is 21.5 Å². The van der Waals surface area contributed by atoms with Crippen LogP contribution in [0.25, 0.3) is 0 Å². The van der Waals surface area contributed by atoms with Crippen molar-refractivity contribution in [2.45, 2.75) is 6.92 Å². The van der Waals surface area contributed by atoms with E-state index in [-0.39, 0.29) is 0 Å². The molecule has 0 aliphatic heterocycles. The highest BCUT2D eigenvalue weighted by atomic mass is 32.2. The third kappa shape index (κ3) is 3.86. The lowest BCUT2D eigenvalue weighted by atomic mass is 10.1. The number of benzene rings is 1. The molecule has 6 heteroatoms. The average molecular weight is 263 g/mol. The quantitative estimate of drug-likeness (QED) is 0.478. The van der Waals surface area contributed by atoms with E-state index in [0.717, 1.165) is 5.56 Å². The third-order valence-electron chi connectivity index (χ3n) is 2.07. The standard InChI is InChI=1S/C12H15N4OS/c1-9-5-10(15-18(4)17)6-12(11(9)7-13)14-8-16(2)3/h5-6,8H,1-4H3/q-1. The van der Waals surface area contributed by atoms with Gasteiger partial charge in [0.1, 0.15) is 6.07 Å². The van der Waals surface area contributed by atoms with Crippen LogP contribution >= 0.6 is 0 Å². The van der Waals surface area contributed by atoms with Crippen LogP contribution in [0.5, 0.6) is 0 Å². The van der Waals surface area contributed by atoms with Gasteiger partial charge in [0.2, 0.25) is 0 Å². The fraction of sp³-hybridized carbons (Fsp3) is 0.333. The molecule has 0 unspecified atom stereocenters. The van der Waals surface area contributed by atoms with Crippen molar-refractivity contribution in [3.8, 4) is 6.07 Å². The summed E-state index contributed by atoms with van der Waals surface area (Å²) in [4.78, 5) is 6.00. The van der Waals surface area contributed by atoms with Gasteiger partial charge in [-0.25, -0.2) is 4.99 Å². The molecule has 0 aliphatic rings. The van der Waals surface area contributed by atoms with Crippen LogP contribution in [0.4, 0.5) is 11.4 Å². The molecule has 0 heterocycles. The van der Waals surface area contributed by atoms with Crippen molar-refractivity contribution in [2.75, 3.05) is 20.4 Å². The Morgan fingerprint density at radius 3 is 2.61 bits per heavy atom. The maximum atomic E-state index is 11.1. The molecule has 0 atom stereocenters. The Bertz CT molecular complexity index is 593. The Hall–Kier alpha value is -1.87. The summed E-state index contributed by atoms with van der Waals surface area (Å²) in [5.74, 6) is 0. The van der Waals surface area contributed by atoms with Crippen LogP contribution in [-0.2, 0) is 14.8 Å². The molecule has 0 N–H and O–H groups in total. The molecular weight excluding hydrogens is 248 g/mol. The van der Waals surface area contributed by atoms with Crippen molar-refractivity contribution in [1.29, 1.82) is 5.26 Å². The molecule has 0 spiro atoms. The van der Waals surface area contributed by atoms with Gasteiger partial charge in [-0.3, -0.25) is 0 Å². The van der Waals surface area contributed by atoms with Gasteiger partial charge < -0.3 is 13.5 Å². The van der Waals surface area contributed by atoms with Gasteiger partial charge in [-0.15, -0.1) is 6.26 Å². The predicted molar refractivity (Wildman–Crippen MR) is 73.8 cm³/mol. The highest BCUT2D eigenvalue weighted by Gasteiger charge is 2.05. The fourth-order valence-corrected chi connectivity index (χ4v) is 1.78. The summed E-state index contributed by atoms with van der Waals surface area (Å²) in [7, 11) is 2.42. The van der Waals surface area contributed by atoms with Gasteiger partial charge in [0.25, 0.3) is 0 Å². The van der Waals surface area contributed by atoms with Crippen molar-refractivity contribution in [2.24, 2.45) is 9.36 Å². The number of nitriles is 1. The normalized spacial score (nSPS) is 12.6. The first-order valence-electron chi connectivity index (χ1n) is 5.24. The Morgan fingerprint density at radius 2 is 2.11 bits per heavy atom. The monoisotopic (exact) mass is 263 g/mol. The van der Waals surface area contributed by atoms with E-state index in [1.165, 1.54) is 6.26 Å². The molecule has 0 saturated heterocycles. The topological polar surface area (TPSA) is 68.8 Å². The molecule has 96 valence electrons. The molecule has 0 amide bonds. The minimum Gasteiger partial charge on any atom is -0.444 e. The zero-order valence-electron chi connectivity index (χ0n) is 10.8. The second-order valence-corrected chi connectivity index (χ2v) is 5.02. The van der Waals surface area contributed by atoms with Crippen LogP contribution in [0.3, 0.4) is 0 Å². The van der Waals surface area contributed by atoms with Gasteiger partial charge in [0.05, 0.1) is 17.6 Å². The molecule has 0 aromatic heterocycles. The molecule has 0 aliphatic carbocycles. The van der Waals surface area contributed by atoms with E-state index >= 15 is 0 Å². The van der Waals surface area contributed by atoms with E-state index in [4.69, 9.17) is 5.26 Å². The molecular formula is C12H15N4OS-. The molecule has 0 saturated carbocycles. The minimum absolute atomic E-state index is 0.508. The molecule has 1 aromatic rings. The molecule has 0 fully saturated rings. The van der Waals surface area contributed by atoms with Crippen LogP contribution in [-0.4, -0.2) is 31.6 Å². The van der Waals surface area contributed by atoms with Crippen LogP contribution in [0.1, 0.15) is 11.1 Å².